The van der Waals surface area contributed by atoms with E-state index in [0.717, 1.165) is 42.5 Å². The van der Waals surface area contributed by atoms with E-state index in [2.05, 4.69) is 27.7 Å². The number of aryl methyl sites for hydroxylation is 2. The summed E-state index contributed by atoms with van der Waals surface area (Å²) in [5.74, 6) is 0.0801. The molecule has 140 valence electrons. The van der Waals surface area contributed by atoms with Crippen LogP contribution < -0.4 is 5.32 Å². The molecule has 1 N–H and O–H groups in total. The van der Waals surface area contributed by atoms with Crippen LogP contribution in [0.4, 0.5) is 0 Å². The number of carbonyl (C=O) groups is 1. The molecule has 0 bridgehead atoms. The average Bonchev–Trinajstić information content (AvgIpc) is 3.18. The summed E-state index contributed by atoms with van der Waals surface area (Å²) >= 11 is 7.90. The highest BCUT2D eigenvalue weighted by Crippen LogP contribution is 2.25. The third-order valence-corrected chi connectivity index (χ3v) is 6.11. The van der Waals surface area contributed by atoms with E-state index in [-0.39, 0.29) is 11.9 Å². The number of rotatable bonds is 7. The fourth-order valence-corrected chi connectivity index (χ4v) is 4.19. The number of ether oxygens (including phenoxy) is 1. The molecule has 1 aromatic heterocycles. The Morgan fingerprint density at radius 3 is 2.85 bits per heavy atom. The normalized spacial score (nSPS) is 16.4. The van der Waals surface area contributed by atoms with Crippen LogP contribution in [0.15, 0.2) is 35.7 Å². The van der Waals surface area contributed by atoms with Gasteiger partial charge >= 0.3 is 0 Å². The van der Waals surface area contributed by atoms with E-state index < -0.39 is 0 Å². The van der Waals surface area contributed by atoms with Gasteiger partial charge in [-0.1, -0.05) is 29.8 Å². The second kappa shape index (κ2) is 9.51. The summed E-state index contributed by atoms with van der Waals surface area (Å²) in [5.41, 5.74) is 2.16. The Bertz CT molecular complexity index is 715. The van der Waals surface area contributed by atoms with E-state index in [0.29, 0.717) is 19.4 Å². The number of hydrogen-bond acceptors (Lipinski definition) is 4. The molecule has 0 saturated carbocycles. The first-order chi connectivity index (χ1) is 12.6. The van der Waals surface area contributed by atoms with Gasteiger partial charge < -0.3 is 10.1 Å². The van der Waals surface area contributed by atoms with Crippen molar-refractivity contribution >= 4 is 28.8 Å². The molecule has 4 nitrogen and oxygen atoms in total. The first kappa shape index (κ1) is 19.4. The van der Waals surface area contributed by atoms with Crippen LogP contribution >= 0.6 is 22.9 Å². The van der Waals surface area contributed by atoms with Crippen LogP contribution in [0.1, 0.15) is 28.5 Å². The Hall–Kier alpha value is -1.40. The lowest BCUT2D eigenvalue weighted by molar-refractivity contribution is -0.121. The molecule has 6 heteroatoms. The Morgan fingerprint density at radius 2 is 2.15 bits per heavy atom. The minimum absolute atomic E-state index is 0.0801. The highest BCUT2D eigenvalue weighted by atomic mass is 35.5. The number of morpholine rings is 1. The summed E-state index contributed by atoms with van der Waals surface area (Å²) in [7, 11) is 0. The van der Waals surface area contributed by atoms with E-state index in [4.69, 9.17) is 16.3 Å². The topological polar surface area (TPSA) is 41.6 Å². The van der Waals surface area contributed by atoms with Crippen molar-refractivity contribution in [2.45, 2.75) is 25.8 Å². The number of thiophene rings is 1. The number of nitrogens with one attached hydrogen (secondary N) is 1. The third kappa shape index (κ3) is 5.30. The van der Waals surface area contributed by atoms with Gasteiger partial charge in [-0.25, -0.2) is 0 Å². The second-order valence-electron chi connectivity index (χ2n) is 6.57. The van der Waals surface area contributed by atoms with Gasteiger partial charge in [0.2, 0.25) is 5.91 Å². The lowest BCUT2D eigenvalue weighted by atomic mass is 10.1. The highest BCUT2D eigenvalue weighted by Gasteiger charge is 2.23. The van der Waals surface area contributed by atoms with Crippen molar-refractivity contribution in [1.82, 2.24) is 10.2 Å². The van der Waals surface area contributed by atoms with Gasteiger partial charge in [-0.05, 0) is 42.0 Å². The summed E-state index contributed by atoms with van der Waals surface area (Å²) < 4.78 is 5.46. The number of benzene rings is 1. The van der Waals surface area contributed by atoms with Gasteiger partial charge in [0.25, 0.3) is 0 Å². The van der Waals surface area contributed by atoms with Crippen LogP contribution in [-0.2, 0) is 16.0 Å². The number of carbonyl (C=O) groups excluding carboxylic acids is 1. The number of amides is 1. The van der Waals surface area contributed by atoms with Crippen LogP contribution in [0.2, 0.25) is 5.02 Å². The minimum Gasteiger partial charge on any atom is -0.379 e. The molecular weight excluding hydrogens is 368 g/mol. The van der Waals surface area contributed by atoms with Gasteiger partial charge in [0, 0.05) is 36.0 Å². The van der Waals surface area contributed by atoms with Gasteiger partial charge in [-0.3, -0.25) is 9.69 Å². The molecule has 1 atom stereocenters. The van der Waals surface area contributed by atoms with Crippen LogP contribution in [0.25, 0.3) is 0 Å². The zero-order valence-corrected chi connectivity index (χ0v) is 16.6. The van der Waals surface area contributed by atoms with Crippen molar-refractivity contribution in [3.63, 3.8) is 0 Å². The quantitative estimate of drug-likeness (QED) is 0.778. The lowest BCUT2D eigenvalue weighted by Crippen LogP contribution is -2.43. The summed E-state index contributed by atoms with van der Waals surface area (Å²) in [6.07, 6.45) is 1.17. The maximum Gasteiger partial charge on any atom is 0.220 e. The molecule has 1 aromatic carbocycles. The first-order valence-corrected chi connectivity index (χ1v) is 10.3. The Morgan fingerprint density at radius 1 is 1.35 bits per heavy atom. The van der Waals surface area contributed by atoms with Crippen molar-refractivity contribution in [3.8, 4) is 0 Å². The van der Waals surface area contributed by atoms with Gasteiger partial charge in [0.1, 0.15) is 0 Å². The van der Waals surface area contributed by atoms with E-state index in [1.54, 1.807) is 11.3 Å². The zero-order valence-electron chi connectivity index (χ0n) is 15.0. The predicted molar refractivity (Wildman–Crippen MR) is 107 cm³/mol. The van der Waals surface area contributed by atoms with Crippen molar-refractivity contribution in [2.24, 2.45) is 0 Å². The molecule has 1 aliphatic rings. The molecule has 3 rings (SSSR count). The molecule has 1 saturated heterocycles. The Labute approximate surface area is 164 Å². The average molecular weight is 393 g/mol. The van der Waals surface area contributed by atoms with E-state index in [1.807, 2.05) is 25.1 Å². The first-order valence-electron chi connectivity index (χ1n) is 9.00. The fraction of sp³-hybridized carbons (Fsp3) is 0.450. The number of hydrogen-bond donors (Lipinski definition) is 1. The molecule has 1 fully saturated rings. The Balaban J connectivity index is 1.52. The molecule has 0 radical (unpaired) electrons. The molecule has 1 amide bonds. The lowest BCUT2D eigenvalue weighted by Gasteiger charge is -2.34. The summed E-state index contributed by atoms with van der Waals surface area (Å²) in [5, 5.41) is 5.96. The highest BCUT2D eigenvalue weighted by molar-refractivity contribution is 7.10. The molecule has 1 aliphatic heterocycles. The summed E-state index contributed by atoms with van der Waals surface area (Å²) in [6.45, 7) is 5.93. The standard InChI is InChI=1S/C20H25ClN2O2S/c1-15-4-5-16(13-17(15)21)6-7-20(24)22-14-18(19-3-2-12-26-19)23-8-10-25-11-9-23/h2-5,12-13,18H,6-11,14H2,1H3,(H,22,24). The molecular formula is C20H25ClN2O2S. The van der Waals surface area contributed by atoms with E-state index in [9.17, 15) is 4.79 Å². The number of halogens is 1. The van der Waals surface area contributed by atoms with Crippen molar-refractivity contribution in [3.05, 3.63) is 56.7 Å². The minimum atomic E-state index is 0.0801. The molecule has 1 unspecified atom stereocenters. The molecule has 0 spiro atoms. The number of nitrogens with zero attached hydrogens (tertiary/aromatic N) is 1. The third-order valence-electron chi connectivity index (χ3n) is 4.73. The second-order valence-corrected chi connectivity index (χ2v) is 7.95. The maximum atomic E-state index is 12.3. The fourth-order valence-electron chi connectivity index (χ4n) is 3.13. The summed E-state index contributed by atoms with van der Waals surface area (Å²) in [6, 6.07) is 10.4. The van der Waals surface area contributed by atoms with Crippen LogP contribution in [0, 0.1) is 6.92 Å². The molecule has 26 heavy (non-hydrogen) atoms. The SMILES string of the molecule is Cc1ccc(CCC(=O)NCC(c2cccs2)N2CCOCC2)cc1Cl. The van der Waals surface area contributed by atoms with Gasteiger partial charge in [-0.15, -0.1) is 11.3 Å². The van der Waals surface area contributed by atoms with Crippen molar-refractivity contribution < 1.29 is 9.53 Å². The zero-order chi connectivity index (χ0) is 18.4. The van der Waals surface area contributed by atoms with E-state index in [1.165, 1.54) is 4.88 Å². The van der Waals surface area contributed by atoms with Crippen molar-refractivity contribution in [2.75, 3.05) is 32.8 Å². The largest absolute Gasteiger partial charge is 0.379 e. The smallest absolute Gasteiger partial charge is 0.220 e. The molecule has 2 aromatic rings. The molecule has 2 heterocycles. The van der Waals surface area contributed by atoms with Gasteiger partial charge in [-0.2, -0.15) is 0 Å². The van der Waals surface area contributed by atoms with Crippen LogP contribution in [-0.4, -0.2) is 43.7 Å². The monoisotopic (exact) mass is 392 g/mol. The van der Waals surface area contributed by atoms with Crippen LogP contribution in [0.3, 0.4) is 0 Å². The predicted octanol–water partition coefficient (Wildman–Crippen LogP) is 3.83. The maximum absolute atomic E-state index is 12.3. The van der Waals surface area contributed by atoms with Gasteiger partial charge in [0.15, 0.2) is 0 Å². The van der Waals surface area contributed by atoms with Gasteiger partial charge in [0.05, 0.1) is 19.3 Å². The Kier molecular flexibility index (Phi) is 7.08. The molecule has 0 aliphatic carbocycles. The van der Waals surface area contributed by atoms with Crippen molar-refractivity contribution in [1.29, 1.82) is 0 Å². The van der Waals surface area contributed by atoms with Crippen LogP contribution in [0.5, 0.6) is 0 Å². The van der Waals surface area contributed by atoms with E-state index >= 15 is 0 Å². The summed E-state index contributed by atoms with van der Waals surface area (Å²) in [4.78, 5) is 16.0.